The molecule has 4 atom stereocenters. The van der Waals surface area contributed by atoms with Crippen LogP contribution in [0.5, 0.6) is 0 Å². The van der Waals surface area contributed by atoms with Gasteiger partial charge in [0, 0.05) is 55.2 Å². The fraction of sp³-hybridized carbons (Fsp3) is 0.407. The Labute approximate surface area is 204 Å². The number of hydrogen-bond acceptors (Lipinski definition) is 5. The lowest BCUT2D eigenvalue weighted by Gasteiger charge is -2.44. The van der Waals surface area contributed by atoms with Gasteiger partial charge in [-0.15, -0.1) is 0 Å². The van der Waals surface area contributed by atoms with Crippen LogP contribution in [-0.2, 0) is 6.54 Å². The molecule has 0 bridgehead atoms. The Morgan fingerprint density at radius 2 is 2.00 bits per heavy atom. The number of aryl methyl sites for hydroxylation is 1. The number of anilines is 2. The summed E-state index contributed by atoms with van der Waals surface area (Å²) < 4.78 is 14.4. The van der Waals surface area contributed by atoms with Gasteiger partial charge in [-0.05, 0) is 60.9 Å². The van der Waals surface area contributed by atoms with E-state index >= 15 is 0 Å². The highest BCUT2D eigenvalue weighted by Crippen LogP contribution is 2.42. The standard InChI is InChI=1S/C27H30FN5O2/c1-16-5-8-24(21-4-3-9-29-26(16)21)31-11-17(2)33-12-18-10-19(6-7-20(18)25(33)15-31)30-23-14-32(27(34)35)13-22(23)28/h3-10,17,22-23,25,30H,11-15H2,1-2H3,(H,34,35)/t17-,22-,23+,25-/m1/s1. The Hall–Kier alpha value is -3.39. The SMILES string of the molecule is Cc1ccc(N2C[C@@H](C)N3Cc4cc(N[C@H]5CN(C(=O)O)C[C@H]5F)ccc4[C@H]3C2)c2cccnc12. The van der Waals surface area contributed by atoms with Crippen molar-refractivity contribution in [3.05, 3.63) is 65.4 Å². The lowest BCUT2D eigenvalue weighted by Crippen LogP contribution is -2.51. The van der Waals surface area contributed by atoms with Gasteiger partial charge >= 0.3 is 6.09 Å². The van der Waals surface area contributed by atoms with Crippen molar-refractivity contribution >= 4 is 28.4 Å². The summed E-state index contributed by atoms with van der Waals surface area (Å²) in [5.41, 5.74) is 6.90. The lowest BCUT2D eigenvalue weighted by atomic mass is 9.99. The van der Waals surface area contributed by atoms with E-state index in [1.165, 1.54) is 27.8 Å². The molecule has 1 amide bonds. The highest BCUT2D eigenvalue weighted by molar-refractivity contribution is 5.93. The highest BCUT2D eigenvalue weighted by atomic mass is 19.1. The quantitative estimate of drug-likeness (QED) is 0.584. The molecule has 182 valence electrons. The van der Waals surface area contributed by atoms with Crippen molar-refractivity contribution in [3.63, 3.8) is 0 Å². The van der Waals surface area contributed by atoms with Crippen molar-refractivity contribution in [3.8, 4) is 0 Å². The average molecular weight is 476 g/mol. The molecule has 0 aliphatic carbocycles. The largest absolute Gasteiger partial charge is 0.465 e. The van der Waals surface area contributed by atoms with Gasteiger partial charge in [0.2, 0.25) is 0 Å². The van der Waals surface area contributed by atoms with Crippen molar-refractivity contribution in [2.24, 2.45) is 0 Å². The summed E-state index contributed by atoms with van der Waals surface area (Å²) in [6, 6.07) is 15.0. The van der Waals surface area contributed by atoms with Crippen LogP contribution in [0, 0.1) is 6.92 Å². The molecule has 8 heteroatoms. The summed E-state index contributed by atoms with van der Waals surface area (Å²) in [5, 5.41) is 13.6. The van der Waals surface area contributed by atoms with Gasteiger partial charge in [0.1, 0.15) is 6.17 Å². The van der Waals surface area contributed by atoms with E-state index in [1.54, 1.807) is 0 Å². The topological polar surface area (TPSA) is 71.9 Å². The van der Waals surface area contributed by atoms with E-state index in [-0.39, 0.29) is 13.1 Å². The number of alkyl halides is 1. The van der Waals surface area contributed by atoms with Gasteiger partial charge < -0.3 is 20.2 Å². The molecule has 35 heavy (non-hydrogen) atoms. The second-order valence-corrected chi connectivity index (χ2v) is 10.1. The third-order valence-corrected chi connectivity index (χ3v) is 7.86. The van der Waals surface area contributed by atoms with E-state index in [4.69, 9.17) is 0 Å². The van der Waals surface area contributed by atoms with Crippen LogP contribution in [0.1, 0.15) is 29.7 Å². The molecule has 1 aromatic heterocycles. The third-order valence-electron chi connectivity index (χ3n) is 7.86. The maximum Gasteiger partial charge on any atom is 0.407 e. The number of likely N-dealkylation sites (tertiary alicyclic amines) is 1. The fourth-order valence-corrected chi connectivity index (χ4v) is 6.06. The molecular formula is C27H30FN5O2. The Kier molecular flexibility index (Phi) is 5.29. The molecule has 0 radical (unpaired) electrons. The molecule has 3 aliphatic rings. The van der Waals surface area contributed by atoms with Crippen molar-refractivity contribution in [2.45, 2.75) is 44.7 Å². The molecule has 2 N–H and O–H groups in total. The van der Waals surface area contributed by atoms with Crippen molar-refractivity contribution < 1.29 is 14.3 Å². The first-order valence-electron chi connectivity index (χ1n) is 12.3. The van der Waals surface area contributed by atoms with Gasteiger partial charge in [0.25, 0.3) is 0 Å². The number of halogens is 1. The molecule has 7 nitrogen and oxygen atoms in total. The van der Waals surface area contributed by atoms with E-state index in [2.05, 4.69) is 64.3 Å². The Morgan fingerprint density at radius 1 is 1.14 bits per heavy atom. The summed E-state index contributed by atoms with van der Waals surface area (Å²) in [6.07, 6.45) is -0.425. The minimum absolute atomic E-state index is 0.0790. The molecule has 0 unspecified atom stereocenters. The van der Waals surface area contributed by atoms with Crippen LogP contribution in [0.15, 0.2) is 48.7 Å². The number of rotatable bonds is 3. The first-order chi connectivity index (χ1) is 16.9. The number of nitrogens with one attached hydrogen (secondary N) is 1. The maximum atomic E-state index is 14.4. The number of carboxylic acid groups (broad SMARTS) is 1. The molecule has 4 heterocycles. The van der Waals surface area contributed by atoms with Crippen molar-refractivity contribution in [1.29, 1.82) is 0 Å². The zero-order chi connectivity index (χ0) is 24.3. The van der Waals surface area contributed by atoms with Crippen LogP contribution in [0.2, 0.25) is 0 Å². The van der Waals surface area contributed by atoms with E-state index < -0.39 is 18.3 Å². The smallest absolute Gasteiger partial charge is 0.407 e. The van der Waals surface area contributed by atoms with E-state index in [9.17, 15) is 14.3 Å². The van der Waals surface area contributed by atoms with Crippen molar-refractivity contribution in [2.75, 3.05) is 36.4 Å². The van der Waals surface area contributed by atoms with E-state index in [1.807, 2.05) is 18.3 Å². The number of aromatic nitrogens is 1. The van der Waals surface area contributed by atoms with E-state index in [0.717, 1.165) is 35.7 Å². The molecule has 2 saturated heterocycles. The molecule has 3 aliphatic heterocycles. The minimum Gasteiger partial charge on any atom is -0.465 e. The number of pyridine rings is 1. The number of piperazine rings is 1. The van der Waals surface area contributed by atoms with E-state index in [0.29, 0.717) is 12.1 Å². The predicted molar refractivity (Wildman–Crippen MR) is 135 cm³/mol. The number of benzene rings is 2. The molecule has 0 spiro atoms. The summed E-state index contributed by atoms with van der Waals surface area (Å²) >= 11 is 0. The summed E-state index contributed by atoms with van der Waals surface area (Å²) in [7, 11) is 0. The zero-order valence-corrected chi connectivity index (χ0v) is 20.0. The van der Waals surface area contributed by atoms with Gasteiger partial charge in [0.05, 0.1) is 24.1 Å². The number of hydrogen-bond donors (Lipinski definition) is 2. The molecule has 6 rings (SSSR count). The van der Waals surface area contributed by atoms with Gasteiger partial charge in [-0.2, -0.15) is 0 Å². The second-order valence-electron chi connectivity index (χ2n) is 10.1. The highest BCUT2D eigenvalue weighted by Gasteiger charge is 2.40. The normalized spacial score (nSPS) is 26.1. The molecular weight excluding hydrogens is 445 g/mol. The zero-order valence-electron chi connectivity index (χ0n) is 20.0. The summed E-state index contributed by atoms with van der Waals surface area (Å²) in [4.78, 5) is 22.0. The maximum absolute atomic E-state index is 14.4. The van der Waals surface area contributed by atoms with Crippen LogP contribution in [-0.4, -0.2) is 70.4 Å². The molecule has 2 fully saturated rings. The van der Waals surface area contributed by atoms with Gasteiger partial charge in [-0.25, -0.2) is 9.18 Å². The summed E-state index contributed by atoms with van der Waals surface area (Å²) in [5.74, 6) is 0. The Bertz CT molecular complexity index is 1300. The second kappa shape index (κ2) is 8.37. The number of fused-ring (bicyclic) bond motifs is 4. The predicted octanol–water partition coefficient (Wildman–Crippen LogP) is 4.42. The molecule has 2 aromatic carbocycles. The number of amides is 1. The average Bonchev–Trinajstić information content (AvgIpc) is 3.40. The van der Waals surface area contributed by atoms with Gasteiger partial charge in [-0.3, -0.25) is 9.88 Å². The van der Waals surface area contributed by atoms with Gasteiger partial charge in [0.15, 0.2) is 0 Å². The fourth-order valence-electron chi connectivity index (χ4n) is 6.06. The minimum atomic E-state index is -1.21. The lowest BCUT2D eigenvalue weighted by molar-refractivity contribution is 0.134. The first kappa shape index (κ1) is 22.1. The van der Waals surface area contributed by atoms with Crippen LogP contribution in [0.4, 0.5) is 20.6 Å². The Balaban J connectivity index is 1.25. The van der Waals surface area contributed by atoms with Crippen LogP contribution < -0.4 is 10.2 Å². The van der Waals surface area contributed by atoms with Crippen LogP contribution in [0.25, 0.3) is 10.9 Å². The summed E-state index contributed by atoms with van der Waals surface area (Å²) in [6.45, 7) is 7.18. The van der Waals surface area contributed by atoms with Gasteiger partial charge in [-0.1, -0.05) is 12.1 Å². The molecule has 3 aromatic rings. The number of carbonyl (C=O) groups is 1. The monoisotopic (exact) mass is 475 g/mol. The first-order valence-corrected chi connectivity index (χ1v) is 12.3. The van der Waals surface area contributed by atoms with Crippen LogP contribution in [0.3, 0.4) is 0 Å². The third kappa shape index (κ3) is 3.76. The number of nitrogens with zero attached hydrogens (tertiary/aromatic N) is 4. The van der Waals surface area contributed by atoms with Crippen LogP contribution >= 0.6 is 0 Å². The van der Waals surface area contributed by atoms with Crippen molar-refractivity contribution in [1.82, 2.24) is 14.8 Å². The molecule has 0 saturated carbocycles. The Morgan fingerprint density at radius 3 is 2.80 bits per heavy atom.